The van der Waals surface area contributed by atoms with Crippen LogP contribution < -0.4 is 9.62 Å². The van der Waals surface area contributed by atoms with Crippen LogP contribution in [0.3, 0.4) is 0 Å². The predicted molar refractivity (Wildman–Crippen MR) is 109 cm³/mol. The van der Waals surface area contributed by atoms with E-state index in [1.54, 1.807) is 49.4 Å². The van der Waals surface area contributed by atoms with Gasteiger partial charge in [-0.05, 0) is 63.8 Å². The van der Waals surface area contributed by atoms with E-state index in [1.807, 2.05) is 25.9 Å². The molecule has 0 unspecified atom stereocenters. The molecule has 0 heterocycles. The Balaban J connectivity index is 2.21. The Morgan fingerprint density at radius 3 is 2.19 bits per heavy atom. The summed E-state index contributed by atoms with van der Waals surface area (Å²) in [7, 11) is 1.74. The lowest BCUT2D eigenvalue weighted by atomic mass is 10.1. The van der Waals surface area contributed by atoms with Crippen LogP contribution in [0.4, 0.5) is 5.69 Å². The molecule has 2 aromatic carbocycles. The van der Waals surface area contributed by atoms with Gasteiger partial charge in [-0.25, -0.2) is 8.42 Å². The van der Waals surface area contributed by atoms with Gasteiger partial charge in [-0.1, -0.05) is 17.7 Å². The Labute approximate surface area is 161 Å². The fourth-order valence-electron chi connectivity index (χ4n) is 2.64. The molecular formula is C20H27N3O3S. The molecule has 1 N–H and O–H groups in total. The highest BCUT2D eigenvalue weighted by molar-refractivity contribution is 7.92. The first kappa shape index (κ1) is 20.9. The van der Waals surface area contributed by atoms with Crippen LogP contribution in [0.25, 0.3) is 0 Å². The summed E-state index contributed by atoms with van der Waals surface area (Å²) in [5, 5.41) is 2.86. The second-order valence-electron chi connectivity index (χ2n) is 6.85. The molecule has 0 fully saturated rings. The van der Waals surface area contributed by atoms with Crippen molar-refractivity contribution >= 4 is 21.6 Å². The third-order valence-corrected chi connectivity index (χ3v) is 6.11. The summed E-state index contributed by atoms with van der Waals surface area (Å²) in [6.45, 7) is 5.01. The second-order valence-corrected chi connectivity index (χ2v) is 8.82. The van der Waals surface area contributed by atoms with Gasteiger partial charge in [0.15, 0.2) is 0 Å². The Morgan fingerprint density at radius 1 is 1.00 bits per heavy atom. The molecule has 1 amide bonds. The van der Waals surface area contributed by atoms with Crippen LogP contribution in [0.15, 0.2) is 47.4 Å². The number of carbonyl (C=O) groups excluding carboxylic acids is 1. The minimum Gasteiger partial charge on any atom is -0.351 e. The maximum atomic E-state index is 12.9. The number of amides is 1. The van der Waals surface area contributed by atoms with Crippen LogP contribution in [0.2, 0.25) is 0 Å². The largest absolute Gasteiger partial charge is 0.351 e. The van der Waals surface area contributed by atoms with Gasteiger partial charge >= 0.3 is 0 Å². The molecule has 0 bridgehead atoms. The number of rotatable bonds is 7. The van der Waals surface area contributed by atoms with E-state index >= 15 is 0 Å². The van der Waals surface area contributed by atoms with Crippen LogP contribution in [-0.2, 0) is 10.0 Å². The van der Waals surface area contributed by atoms with Gasteiger partial charge < -0.3 is 10.2 Å². The Hall–Kier alpha value is -2.38. The normalized spacial score (nSPS) is 11.5. The van der Waals surface area contributed by atoms with E-state index < -0.39 is 10.0 Å². The number of nitrogens with zero attached hydrogens (tertiary/aromatic N) is 2. The van der Waals surface area contributed by atoms with Gasteiger partial charge in [0.2, 0.25) is 0 Å². The van der Waals surface area contributed by atoms with Crippen LogP contribution >= 0.6 is 0 Å². The number of sulfonamides is 1. The van der Waals surface area contributed by atoms with Crippen molar-refractivity contribution in [1.82, 2.24) is 10.2 Å². The highest BCUT2D eigenvalue weighted by Gasteiger charge is 2.22. The number of aryl methyl sites for hydroxylation is 2. The first-order valence-electron chi connectivity index (χ1n) is 8.72. The summed E-state index contributed by atoms with van der Waals surface area (Å²) in [5.74, 6) is -0.171. The Kier molecular flexibility index (Phi) is 6.62. The number of anilines is 1. The minimum atomic E-state index is -3.66. The SMILES string of the molecule is Cc1ccc(S(=O)(=O)N(C)c2ccc(C(=O)NCCN(C)C)cc2C)cc1. The number of carbonyl (C=O) groups is 1. The topological polar surface area (TPSA) is 69.7 Å². The van der Waals surface area contributed by atoms with Crippen LogP contribution in [0, 0.1) is 13.8 Å². The van der Waals surface area contributed by atoms with Gasteiger partial charge in [-0.15, -0.1) is 0 Å². The van der Waals surface area contributed by atoms with Gasteiger partial charge in [0.1, 0.15) is 0 Å². The van der Waals surface area contributed by atoms with Crippen molar-refractivity contribution in [2.45, 2.75) is 18.7 Å². The van der Waals surface area contributed by atoms with Crippen LogP contribution in [-0.4, -0.2) is 53.5 Å². The molecule has 7 heteroatoms. The fraction of sp³-hybridized carbons (Fsp3) is 0.350. The molecule has 2 aromatic rings. The van der Waals surface area contributed by atoms with E-state index in [0.29, 0.717) is 23.4 Å². The van der Waals surface area contributed by atoms with Crippen molar-refractivity contribution in [2.24, 2.45) is 0 Å². The number of likely N-dealkylation sites (N-methyl/N-ethyl adjacent to an activating group) is 1. The lowest BCUT2D eigenvalue weighted by Gasteiger charge is -2.22. The molecule has 27 heavy (non-hydrogen) atoms. The molecule has 0 aromatic heterocycles. The molecule has 0 atom stereocenters. The molecule has 0 radical (unpaired) electrons. The van der Waals surface area contributed by atoms with Gasteiger partial charge in [0, 0.05) is 25.7 Å². The van der Waals surface area contributed by atoms with Crippen molar-refractivity contribution in [2.75, 3.05) is 38.5 Å². The summed E-state index contributed by atoms with van der Waals surface area (Å²) in [6.07, 6.45) is 0. The third kappa shape index (κ3) is 5.08. The standard InChI is InChI=1S/C20H27N3O3S/c1-15-6-9-18(10-7-15)27(25,26)23(5)19-11-8-17(14-16(19)2)20(24)21-12-13-22(3)4/h6-11,14H,12-13H2,1-5H3,(H,21,24). The maximum absolute atomic E-state index is 12.9. The number of nitrogens with one attached hydrogen (secondary N) is 1. The quantitative estimate of drug-likeness (QED) is 0.790. The van der Waals surface area contributed by atoms with Crippen molar-refractivity contribution < 1.29 is 13.2 Å². The molecule has 6 nitrogen and oxygen atoms in total. The van der Waals surface area contributed by atoms with Crippen molar-refractivity contribution in [3.05, 3.63) is 59.2 Å². The van der Waals surface area contributed by atoms with Gasteiger partial charge in [0.25, 0.3) is 15.9 Å². The van der Waals surface area contributed by atoms with Gasteiger partial charge in [0.05, 0.1) is 10.6 Å². The summed E-state index contributed by atoms with van der Waals surface area (Å²) >= 11 is 0. The van der Waals surface area contributed by atoms with Crippen LogP contribution in [0.5, 0.6) is 0 Å². The molecule has 0 saturated carbocycles. The molecule has 0 aliphatic rings. The van der Waals surface area contributed by atoms with E-state index in [2.05, 4.69) is 5.32 Å². The highest BCUT2D eigenvalue weighted by Crippen LogP contribution is 2.26. The van der Waals surface area contributed by atoms with E-state index in [-0.39, 0.29) is 10.8 Å². The van der Waals surface area contributed by atoms with Crippen molar-refractivity contribution in [1.29, 1.82) is 0 Å². The smallest absolute Gasteiger partial charge is 0.264 e. The third-order valence-electron chi connectivity index (χ3n) is 4.32. The zero-order chi connectivity index (χ0) is 20.2. The molecule has 0 aliphatic heterocycles. The summed E-state index contributed by atoms with van der Waals surface area (Å²) < 4.78 is 27.0. The summed E-state index contributed by atoms with van der Waals surface area (Å²) in [4.78, 5) is 14.5. The molecule has 146 valence electrons. The predicted octanol–water partition coefficient (Wildman–Crippen LogP) is 2.42. The van der Waals surface area contributed by atoms with Crippen LogP contribution in [0.1, 0.15) is 21.5 Å². The lowest BCUT2D eigenvalue weighted by Crippen LogP contribution is -2.31. The number of hydrogen-bond donors (Lipinski definition) is 1. The first-order chi connectivity index (χ1) is 12.6. The van der Waals surface area contributed by atoms with E-state index in [1.165, 1.54) is 11.4 Å². The molecule has 0 saturated heterocycles. The number of benzene rings is 2. The molecule has 2 rings (SSSR count). The van der Waals surface area contributed by atoms with Crippen molar-refractivity contribution in [3.63, 3.8) is 0 Å². The highest BCUT2D eigenvalue weighted by atomic mass is 32.2. The summed E-state index contributed by atoms with van der Waals surface area (Å²) in [6, 6.07) is 11.8. The van der Waals surface area contributed by atoms with Gasteiger partial charge in [-0.3, -0.25) is 9.10 Å². The average Bonchev–Trinajstić information content (AvgIpc) is 2.61. The van der Waals surface area contributed by atoms with E-state index in [9.17, 15) is 13.2 Å². The molecule has 0 spiro atoms. The number of hydrogen-bond acceptors (Lipinski definition) is 4. The average molecular weight is 390 g/mol. The maximum Gasteiger partial charge on any atom is 0.264 e. The second kappa shape index (κ2) is 8.54. The minimum absolute atomic E-state index is 0.171. The van der Waals surface area contributed by atoms with E-state index in [4.69, 9.17) is 0 Å². The summed E-state index contributed by atoms with van der Waals surface area (Å²) in [5.41, 5.74) is 2.77. The molecule has 0 aliphatic carbocycles. The Morgan fingerprint density at radius 2 is 1.63 bits per heavy atom. The van der Waals surface area contributed by atoms with Gasteiger partial charge in [-0.2, -0.15) is 0 Å². The fourth-order valence-corrected chi connectivity index (χ4v) is 3.90. The Bertz CT molecular complexity index is 907. The van der Waals surface area contributed by atoms with Crippen molar-refractivity contribution in [3.8, 4) is 0 Å². The zero-order valence-corrected chi connectivity index (χ0v) is 17.3. The zero-order valence-electron chi connectivity index (χ0n) is 16.5. The first-order valence-corrected chi connectivity index (χ1v) is 10.2. The lowest BCUT2D eigenvalue weighted by molar-refractivity contribution is 0.0951. The van der Waals surface area contributed by atoms with E-state index in [0.717, 1.165) is 12.1 Å². The monoisotopic (exact) mass is 389 g/mol. The molecular weight excluding hydrogens is 362 g/mol.